The van der Waals surface area contributed by atoms with Crippen LogP contribution in [0.15, 0.2) is 47.4 Å². The molecule has 5 nitrogen and oxygen atoms in total. The summed E-state index contributed by atoms with van der Waals surface area (Å²) in [5.41, 5.74) is 3.24. The zero-order valence-corrected chi connectivity index (χ0v) is 16.0. The minimum Gasteiger partial charge on any atom is -0.768 e. The van der Waals surface area contributed by atoms with Crippen LogP contribution in [-0.2, 0) is 28.8 Å². The highest BCUT2D eigenvalue weighted by atomic mass is 35.5. The number of carbonyl (C=O) groups is 1. The van der Waals surface area contributed by atoms with Crippen molar-refractivity contribution in [1.82, 2.24) is 4.57 Å². The molecule has 2 aromatic carbocycles. The van der Waals surface area contributed by atoms with Gasteiger partial charge >= 0.3 is 5.97 Å². The molecule has 3 aromatic rings. The molecule has 1 heterocycles. The maximum Gasteiger partial charge on any atom is 0.328 e. The molecule has 1 atom stereocenters. The van der Waals surface area contributed by atoms with E-state index in [9.17, 15) is 23.1 Å². The van der Waals surface area contributed by atoms with Crippen LogP contribution in [-0.4, -0.2) is 24.4 Å². The number of hydrogen-bond donors (Lipinski definition) is 1. The first-order valence-corrected chi connectivity index (χ1v) is 9.92. The Hall–Kier alpha value is -2.48. The van der Waals surface area contributed by atoms with E-state index < -0.39 is 22.9 Å². The van der Waals surface area contributed by atoms with E-state index in [1.165, 1.54) is 6.07 Å². The van der Waals surface area contributed by atoms with Gasteiger partial charge in [-0.15, -0.1) is 0 Å². The van der Waals surface area contributed by atoms with Crippen LogP contribution < -0.4 is 0 Å². The highest BCUT2D eigenvalue weighted by molar-refractivity contribution is 7.79. The van der Waals surface area contributed by atoms with E-state index in [-0.39, 0.29) is 4.90 Å². The summed E-state index contributed by atoms with van der Waals surface area (Å²) in [5.74, 6) is -1.72. The quantitative estimate of drug-likeness (QED) is 0.510. The van der Waals surface area contributed by atoms with Gasteiger partial charge in [-0.05, 0) is 64.9 Å². The van der Waals surface area contributed by atoms with Gasteiger partial charge in [0.2, 0.25) is 0 Å². The third-order valence-corrected chi connectivity index (χ3v) is 5.79. The van der Waals surface area contributed by atoms with Crippen molar-refractivity contribution in [1.29, 1.82) is 0 Å². The molecule has 0 aliphatic heterocycles. The van der Waals surface area contributed by atoms with Gasteiger partial charge in [0.1, 0.15) is 5.82 Å². The SMILES string of the molecule is O=C(O)/C=C1\CCc2c1n(Cc1ccc(Cl)cc1)c1c(S(=O)[O-])cc(F)cc21. The highest BCUT2D eigenvalue weighted by Gasteiger charge is 2.28. The third-order valence-electron chi connectivity index (χ3n) is 4.87. The maximum atomic E-state index is 14.1. The Kier molecular flexibility index (Phi) is 4.82. The summed E-state index contributed by atoms with van der Waals surface area (Å²) in [6.07, 6.45) is 2.15. The molecule has 1 aliphatic rings. The highest BCUT2D eigenvalue weighted by Crippen LogP contribution is 2.42. The Balaban J connectivity index is 2.03. The van der Waals surface area contributed by atoms with Gasteiger partial charge in [0.05, 0.1) is 10.4 Å². The maximum absolute atomic E-state index is 14.1. The third kappa shape index (κ3) is 3.26. The number of aromatic nitrogens is 1. The molecule has 0 spiro atoms. The predicted octanol–water partition coefficient (Wildman–Crippen LogP) is 4.13. The van der Waals surface area contributed by atoms with Crippen LogP contribution in [0.3, 0.4) is 0 Å². The fraction of sp³-hybridized carbons (Fsp3) is 0.150. The van der Waals surface area contributed by atoms with Crippen molar-refractivity contribution in [2.45, 2.75) is 24.3 Å². The lowest BCUT2D eigenvalue weighted by Crippen LogP contribution is -2.06. The lowest BCUT2D eigenvalue weighted by atomic mass is 10.1. The zero-order valence-electron chi connectivity index (χ0n) is 14.4. The van der Waals surface area contributed by atoms with E-state index in [0.717, 1.165) is 23.3 Å². The van der Waals surface area contributed by atoms with Crippen LogP contribution in [0.1, 0.15) is 23.2 Å². The topological polar surface area (TPSA) is 82.4 Å². The van der Waals surface area contributed by atoms with E-state index >= 15 is 0 Å². The van der Waals surface area contributed by atoms with E-state index in [2.05, 4.69) is 0 Å². The molecule has 1 aliphatic carbocycles. The van der Waals surface area contributed by atoms with E-state index in [4.69, 9.17) is 11.6 Å². The van der Waals surface area contributed by atoms with Crippen LogP contribution in [0.25, 0.3) is 16.5 Å². The number of benzene rings is 2. The van der Waals surface area contributed by atoms with Crippen molar-refractivity contribution in [3.05, 3.63) is 70.1 Å². The fourth-order valence-electron chi connectivity index (χ4n) is 3.83. The average molecular weight is 419 g/mol. The number of allylic oxidation sites excluding steroid dienone is 1. The number of carboxylic acid groups (broad SMARTS) is 1. The molecule has 1 unspecified atom stereocenters. The fourth-order valence-corrected chi connectivity index (χ4v) is 4.54. The molecular weight excluding hydrogens is 405 g/mol. The van der Waals surface area contributed by atoms with Crippen LogP contribution in [0.4, 0.5) is 4.39 Å². The van der Waals surface area contributed by atoms with Crippen molar-refractivity contribution < 1.29 is 23.1 Å². The van der Waals surface area contributed by atoms with E-state index in [0.29, 0.717) is 46.6 Å². The summed E-state index contributed by atoms with van der Waals surface area (Å²) >= 11 is 3.29. The number of aliphatic carboxylic acids is 1. The first-order chi connectivity index (χ1) is 13.3. The second-order valence-electron chi connectivity index (χ2n) is 6.58. The average Bonchev–Trinajstić information content (AvgIpc) is 3.16. The minimum absolute atomic E-state index is 0.145. The van der Waals surface area contributed by atoms with E-state index in [1.807, 2.05) is 12.1 Å². The van der Waals surface area contributed by atoms with Crippen molar-refractivity contribution in [2.75, 3.05) is 0 Å². The van der Waals surface area contributed by atoms with Crippen LogP contribution in [0, 0.1) is 5.82 Å². The number of nitrogens with zero attached hydrogens (tertiary/aromatic N) is 1. The van der Waals surface area contributed by atoms with Gasteiger partial charge in [0, 0.05) is 28.7 Å². The largest absolute Gasteiger partial charge is 0.768 e. The minimum atomic E-state index is -2.65. The monoisotopic (exact) mass is 418 g/mol. The number of carboxylic acids is 1. The molecule has 28 heavy (non-hydrogen) atoms. The molecule has 1 N–H and O–H groups in total. The zero-order chi connectivity index (χ0) is 20.0. The predicted molar refractivity (Wildman–Crippen MR) is 104 cm³/mol. The molecule has 0 saturated carbocycles. The van der Waals surface area contributed by atoms with Gasteiger partial charge in [-0.2, -0.15) is 0 Å². The molecule has 8 heteroatoms. The second kappa shape index (κ2) is 7.16. The number of halogens is 2. The molecule has 1 aromatic heterocycles. The molecular formula is C20H14ClFNO4S-. The number of fused-ring (bicyclic) bond motifs is 3. The first-order valence-electron chi connectivity index (χ1n) is 8.47. The smallest absolute Gasteiger partial charge is 0.328 e. The Bertz CT molecular complexity index is 1170. The first kappa shape index (κ1) is 18.9. The second-order valence-corrected chi connectivity index (χ2v) is 7.93. The van der Waals surface area contributed by atoms with E-state index in [1.54, 1.807) is 16.7 Å². The molecule has 0 radical (unpaired) electrons. The van der Waals surface area contributed by atoms with Crippen LogP contribution in [0.2, 0.25) is 5.02 Å². The molecule has 0 saturated heterocycles. The Morgan fingerprint density at radius 2 is 2.00 bits per heavy atom. The van der Waals surface area contributed by atoms with Crippen molar-refractivity contribution in [2.24, 2.45) is 0 Å². The van der Waals surface area contributed by atoms with Crippen molar-refractivity contribution in [3.8, 4) is 0 Å². The Labute approximate surface area is 167 Å². The number of rotatable bonds is 4. The Morgan fingerprint density at radius 1 is 1.29 bits per heavy atom. The molecule has 4 rings (SSSR count). The number of aryl methyl sites for hydroxylation is 1. The number of hydrogen-bond acceptors (Lipinski definition) is 3. The lowest BCUT2D eigenvalue weighted by Gasteiger charge is -2.15. The lowest BCUT2D eigenvalue weighted by molar-refractivity contribution is -0.131. The van der Waals surface area contributed by atoms with Gasteiger partial charge in [-0.1, -0.05) is 23.7 Å². The summed E-state index contributed by atoms with van der Waals surface area (Å²) < 4.78 is 39.5. The molecule has 0 bridgehead atoms. The van der Waals surface area contributed by atoms with Gasteiger partial charge in [-0.3, -0.25) is 4.21 Å². The van der Waals surface area contributed by atoms with Crippen molar-refractivity contribution >= 4 is 45.1 Å². The normalized spacial score (nSPS) is 15.9. The standard InChI is InChI=1S/C20H15ClFNO4S/c21-13-4-1-11(2-5-13)10-23-19-12(7-18(24)25)3-6-15(19)16-8-14(22)9-17(20(16)23)28(26)27/h1-2,4-5,7-9H,3,6,10H2,(H,24,25)(H,26,27)/p-1/b12-7+. The van der Waals surface area contributed by atoms with Gasteiger partial charge in [0.15, 0.2) is 0 Å². The summed E-state index contributed by atoms with van der Waals surface area (Å²) in [4.78, 5) is 11.1. The summed E-state index contributed by atoms with van der Waals surface area (Å²) in [5, 5.41) is 10.3. The van der Waals surface area contributed by atoms with Gasteiger partial charge in [0.25, 0.3) is 0 Å². The summed E-state index contributed by atoms with van der Waals surface area (Å²) in [6, 6.07) is 9.37. The molecule has 144 valence electrons. The molecule has 0 amide bonds. The van der Waals surface area contributed by atoms with Crippen molar-refractivity contribution in [3.63, 3.8) is 0 Å². The Morgan fingerprint density at radius 3 is 2.64 bits per heavy atom. The van der Waals surface area contributed by atoms with Gasteiger partial charge < -0.3 is 14.2 Å². The van der Waals surface area contributed by atoms with Crippen LogP contribution >= 0.6 is 11.6 Å². The molecule has 0 fully saturated rings. The summed E-state index contributed by atoms with van der Waals surface area (Å²) in [7, 11) is 0. The summed E-state index contributed by atoms with van der Waals surface area (Å²) in [6.45, 7) is 0.301. The van der Waals surface area contributed by atoms with Crippen LogP contribution in [0.5, 0.6) is 0 Å². The van der Waals surface area contributed by atoms with Gasteiger partial charge in [-0.25, -0.2) is 9.18 Å².